The lowest BCUT2D eigenvalue weighted by atomic mass is 10.3. The molecule has 0 radical (unpaired) electrons. The van der Waals surface area contributed by atoms with Crippen LogP contribution in [-0.4, -0.2) is 12.5 Å². The Bertz CT molecular complexity index is 270. The van der Waals surface area contributed by atoms with Crippen molar-refractivity contribution >= 4 is 5.90 Å². The molecule has 0 aliphatic heterocycles. The average Bonchev–Trinajstić information content (AvgIpc) is 2.17. The highest BCUT2D eigenvalue weighted by Gasteiger charge is 1.91. The van der Waals surface area contributed by atoms with Crippen LogP contribution < -0.4 is 4.84 Å². The molecule has 0 saturated heterocycles. The molecule has 3 heteroatoms. The Kier molecular flexibility index (Phi) is 3.82. The molecular weight excluding hydrogens is 166 g/mol. The summed E-state index contributed by atoms with van der Waals surface area (Å²) in [6.45, 7) is 4.27. The molecule has 0 N–H and O–H groups in total. The van der Waals surface area contributed by atoms with Crippen LogP contribution in [-0.2, 0) is 4.74 Å². The molecular formula is C10H13NO2. The fourth-order valence-corrected chi connectivity index (χ4v) is 0.834. The van der Waals surface area contributed by atoms with E-state index in [1.54, 1.807) is 6.92 Å². The summed E-state index contributed by atoms with van der Waals surface area (Å²) in [5.41, 5.74) is 0. The number of benzene rings is 1. The molecule has 0 heterocycles. The van der Waals surface area contributed by atoms with E-state index in [0.29, 0.717) is 18.3 Å². The second-order valence-electron chi connectivity index (χ2n) is 2.45. The SMILES string of the molecule is CCO/C(C)=N\Oc1ccccc1. The lowest BCUT2D eigenvalue weighted by molar-refractivity contribution is 0.276. The molecule has 0 amide bonds. The van der Waals surface area contributed by atoms with Crippen molar-refractivity contribution in [3.05, 3.63) is 30.3 Å². The molecule has 3 nitrogen and oxygen atoms in total. The lowest BCUT2D eigenvalue weighted by Gasteiger charge is -2.01. The molecule has 0 aromatic heterocycles. The summed E-state index contributed by atoms with van der Waals surface area (Å²) in [4.78, 5) is 5.08. The van der Waals surface area contributed by atoms with Gasteiger partial charge in [-0.15, -0.1) is 0 Å². The molecule has 0 aliphatic rings. The lowest BCUT2D eigenvalue weighted by Crippen LogP contribution is -2.00. The highest BCUT2D eigenvalue weighted by atomic mass is 16.6. The standard InChI is InChI=1S/C10H13NO2/c1-3-12-9(2)11-13-10-7-5-4-6-8-10/h4-8H,3H2,1-2H3/b11-9-. The summed E-state index contributed by atoms with van der Waals surface area (Å²) in [5, 5.41) is 3.78. The Morgan fingerprint density at radius 3 is 2.62 bits per heavy atom. The Labute approximate surface area is 78.0 Å². The van der Waals surface area contributed by atoms with Gasteiger partial charge in [-0.25, -0.2) is 0 Å². The van der Waals surface area contributed by atoms with Gasteiger partial charge in [-0.3, -0.25) is 0 Å². The molecule has 0 bridgehead atoms. The van der Waals surface area contributed by atoms with Crippen molar-refractivity contribution in [2.75, 3.05) is 6.61 Å². The van der Waals surface area contributed by atoms with E-state index < -0.39 is 0 Å². The molecule has 0 fully saturated rings. The predicted molar refractivity (Wildman–Crippen MR) is 51.8 cm³/mol. The third-order valence-electron chi connectivity index (χ3n) is 1.38. The maximum atomic E-state index is 5.09. The third-order valence-corrected chi connectivity index (χ3v) is 1.38. The maximum Gasteiger partial charge on any atom is 0.223 e. The minimum absolute atomic E-state index is 0.534. The topological polar surface area (TPSA) is 30.8 Å². The van der Waals surface area contributed by atoms with Crippen LogP contribution in [0, 0.1) is 0 Å². The van der Waals surface area contributed by atoms with Gasteiger partial charge in [0.2, 0.25) is 5.90 Å². The van der Waals surface area contributed by atoms with Gasteiger partial charge in [-0.2, -0.15) is 0 Å². The van der Waals surface area contributed by atoms with Crippen molar-refractivity contribution in [1.29, 1.82) is 0 Å². The summed E-state index contributed by atoms with van der Waals surface area (Å²) in [5.74, 6) is 1.24. The van der Waals surface area contributed by atoms with E-state index in [1.807, 2.05) is 37.3 Å². The molecule has 0 saturated carbocycles. The summed E-state index contributed by atoms with van der Waals surface area (Å²) < 4.78 is 5.09. The molecule has 0 unspecified atom stereocenters. The minimum Gasteiger partial charge on any atom is -0.479 e. The summed E-state index contributed by atoms with van der Waals surface area (Å²) in [6, 6.07) is 9.37. The highest BCUT2D eigenvalue weighted by Crippen LogP contribution is 2.08. The molecule has 0 atom stereocenters. The van der Waals surface area contributed by atoms with E-state index in [4.69, 9.17) is 9.57 Å². The molecule has 1 aromatic rings. The zero-order valence-corrected chi connectivity index (χ0v) is 7.86. The molecule has 0 spiro atoms. The number of ether oxygens (including phenoxy) is 1. The normalized spacial score (nSPS) is 11.1. The van der Waals surface area contributed by atoms with Gasteiger partial charge in [0.15, 0.2) is 5.75 Å². The van der Waals surface area contributed by atoms with Crippen molar-refractivity contribution in [3.8, 4) is 5.75 Å². The van der Waals surface area contributed by atoms with E-state index in [-0.39, 0.29) is 0 Å². The number of nitrogens with zero attached hydrogens (tertiary/aromatic N) is 1. The van der Waals surface area contributed by atoms with Crippen LogP contribution in [0.3, 0.4) is 0 Å². The second-order valence-corrected chi connectivity index (χ2v) is 2.45. The van der Waals surface area contributed by atoms with Crippen LogP contribution in [0.4, 0.5) is 0 Å². The zero-order chi connectivity index (χ0) is 9.52. The number of hydrogen-bond donors (Lipinski definition) is 0. The average molecular weight is 179 g/mol. The Morgan fingerprint density at radius 1 is 1.31 bits per heavy atom. The summed E-state index contributed by atoms with van der Waals surface area (Å²) >= 11 is 0. The van der Waals surface area contributed by atoms with Gasteiger partial charge >= 0.3 is 0 Å². The van der Waals surface area contributed by atoms with Crippen LogP contribution in [0.2, 0.25) is 0 Å². The number of para-hydroxylation sites is 1. The Hall–Kier alpha value is -1.51. The van der Waals surface area contributed by atoms with Crippen molar-refractivity contribution in [2.24, 2.45) is 5.16 Å². The van der Waals surface area contributed by atoms with Gasteiger partial charge in [0.1, 0.15) is 0 Å². The van der Waals surface area contributed by atoms with Crippen LogP contribution in [0.5, 0.6) is 5.75 Å². The van der Waals surface area contributed by atoms with E-state index in [1.165, 1.54) is 0 Å². The van der Waals surface area contributed by atoms with Gasteiger partial charge in [0.25, 0.3) is 0 Å². The first kappa shape index (κ1) is 9.58. The fourth-order valence-electron chi connectivity index (χ4n) is 0.834. The first-order valence-corrected chi connectivity index (χ1v) is 4.22. The van der Waals surface area contributed by atoms with Gasteiger partial charge in [-0.05, 0) is 24.2 Å². The first-order valence-electron chi connectivity index (χ1n) is 4.22. The number of rotatable bonds is 3. The monoisotopic (exact) mass is 179 g/mol. The molecule has 1 aromatic carbocycles. The van der Waals surface area contributed by atoms with Crippen molar-refractivity contribution in [2.45, 2.75) is 13.8 Å². The van der Waals surface area contributed by atoms with Gasteiger partial charge in [0.05, 0.1) is 6.61 Å². The molecule has 70 valence electrons. The van der Waals surface area contributed by atoms with Crippen LogP contribution in [0.1, 0.15) is 13.8 Å². The maximum absolute atomic E-state index is 5.09. The van der Waals surface area contributed by atoms with Crippen LogP contribution >= 0.6 is 0 Å². The fraction of sp³-hybridized carbons (Fsp3) is 0.300. The van der Waals surface area contributed by atoms with E-state index in [2.05, 4.69) is 5.16 Å². The minimum atomic E-state index is 0.534. The Balaban J connectivity index is 2.47. The largest absolute Gasteiger partial charge is 0.479 e. The number of hydrogen-bond acceptors (Lipinski definition) is 3. The van der Waals surface area contributed by atoms with Gasteiger partial charge < -0.3 is 9.57 Å². The third kappa shape index (κ3) is 3.60. The highest BCUT2D eigenvalue weighted by molar-refractivity contribution is 5.72. The number of oxime groups is 1. The molecule has 1 rings (SSSR count). The molecule has 13 heavy (non-hydrogen) atoms. The van der Waals surface area contributed by atoms with Gasteiger partial charge in [0, 0.05) is 6.92 Å². The molecule has 0 aliphatic carbocycles. The second kappa shape index (κ2) is 5.19. The Morgan fingerprint density at radius 2 is 2.00 bits per heavy atom. The van der Waals surface area contributed by atoms with Crippen molar-refractivity contribution < 1.29 is 9.57 Å². The first-order chi connectivity index (χ1) is 6.33. The van der Waals surface area contributed by atoms with Crippen LogP contribution in [0.15, 0.2) is 35.5 Å². The van der Waals surface area contributed by atoms with E-state index >= 15 is 0 Å². The quantitative estimate of drug-likeness (QED) is 0.405. The summed E-state index contributed by atoms with van der Waals surface area (Å²) in [7, 11) is 0. The zero-order valence-electron chi connectivity index (χ0n) is 7.86. The predicted octanol–water partition coefficient (Wildman–Crippen LogP) is 2.44. The smallest absolute Gasteiger partial charge is 0.223 e. The van der Waals surface area contributed by atoms with Gasteiger partial charge in [-0.1, -0.05) is 18.2 Å². The van der Waals surface area contributed by atoms with Crippen molar-refractivity contribution in [3.63, 3.8) is 0 Å². The van der Waals surface area contributed by atoms with E-state index in [0.717, 1.165) is 0 Å². The summed E-state index contributed by atoms with van der Waals surface area (Å²) in [6.07, 6.45) is 0. The van der Waals surface area contributed by atoms with E-state index in [9.17, 15) is 0 Å². The van der Waals surface area contributed by atoms with Crippen LogP contribution in [0.25, 0.3) is 0 Å². The van der Waals surface area contributed by atoms with Crippen molar-refractivity contribution in [1.82, 2.24) is 0 Å².